The van der Waals surface area contributed by atoms with Crippen molar-refractivity contribution < 1.29 is 4.79 Å². The van der Waals surface area contributed by atoms with E-state index in [1.165, 1.54) is 17.7 Å². The molecule has 1 fully saturated rings. The van der Waals surface area contributed by atoms with E-state index in [0.717, 1.165) is 50.2 Å². The molecule has 0 aliphatic carbocycles. The van der Waals surface area contributed by atoms with Crippen LogP contribution in [0.3, 0.4) is 0 Å². The van der Waals surface area contributed by atoms with Gasteiger partial charge in [0.15, 0.2) is 0 Å². The lowest BCUT2D eigenvalue weighted by Crippen LogP contribution is -2.44. The Kier molecular flexibility index (Phi) is 5.79. The number of carbonyl (C=O) groups is 1. The van der Waals surface area contributed by atoms with E-state index in [1.54, 1.807) is 0 Å². The standard InChI is InChI=1S/C20H31N5O/c1-15-18(16(2)24(4)22-15)9-11-20(26)25-13-6-5-7-17(25)8-10-19-21-12-14-23(19)3/h12,14,17H,5-11,13H2,1-4H3/t17-/m0/s1. The maximum Gasteiger partial charge on any atom is 0.223 e. The zero-order valence-corrected chi connectivity index (χ0v) is 16.5. The molecule has 1 aliphatic rings. The first-order valence-electron chi connectivity index (χ1n) is 9.72. The molecule has 26 heavy (non-hydrogen) atoms. The lowest BCUT2D eigenvalue weighted by Gasteiger charge is -2.36. The molecular weight excluding hydrogens is 326 g/mol. The van der Waals surface area contributed by atoms with E-state index in [4.69, 9.17) is 0 Å². The van der Waals surface area contributed by atoms with Gasteiger partial charge in [-0.2, -0.15) is 5.10 Å². The third-order valence-electron chi connectivity index (χ3n) is 5.82. The summed E-state index contributed by atoms with van der Waals surface area (Å²) >= 11 is 0. The van der Waals surface area contributed by atoms with Gasteiger partial charge in [0.2, 0.25) is 5.91 Å². The van der Waals surface area contributed by atoms with Crippen LogP contribution in [0.25, 0.3) is 0 Å². The van der Waals surface area contributed by atoms with Gasteiger partial charge in [0.1, 0.15) is 5.82 Å². The van der Waals surface area contributed by atoms with Crippen molar-refractivity contribution in [3.05, 3.63) is 35.2 Å². The molecule has 1 saturated heterocycles. The van der Waals surface area contributed by atoms with Crippen molar-refractivity contribution in [2.75, 3.05) is 6.54 Å². The Morgan fingerprint density at radius 3 is 2.69 bits per heavy atom. The second-order valence-corrected chi connectivity index (χ2v) is 7.50. The third kappa shape index (κ3) is 4.00. The van der Waals surface area contributed by atoms with Crippen LogP contribution in [0, 0.1) is 13.8 Å². The van der Waals surface area contributed by atoms with Crippen LogP contribution in [0.1, 0.15) is 54.9 Å². The van der Waals surface area contributed by atoms with Gasteiger partial charge in [0, 0.05) is 57.6 Å². The van der Waals surface area contributed by atoms with Crippen LogP contribution in [-0.4, -0.2) is 42.7 Å². The summed E-state index contributed by atoms with van der Waals surface area (Å²) in [5, 5.41) is 4.46. The number of carbonyl (C=O) groups excluding carboxylic acids is 1. The number of likely N-dealkylation sites (tertiary alicyclic amines) is 1. The fourth-order valence-electron chi connectivity index (χ4n) is 4.12. The average Bonchev–Trinajstić information content (AvgIpc) is 3.14. The van der Waals surface area contributed by atoms with Gasteiger partial charge < -0.3 is 9.47 Å². The van der Waals surface area contributed by atoms with Crippen molar-refractivity contribution in [1.29, 1.82) is 0 Å². The molecule has 0 unspecified atom stereocenters. The normalized spacial score (nSPS) is 17.7. The monoisotopic (exact) mass is 357 g/mol. The van der Waals surface area contributed by atoms with Crippen LogP contribution < -0.4 is 0 Å². The van der Waals surface area contributed by atoms with Crippen LogP contribution in [0.5, 0.6) is 0 Å². The zero-order chi connectivity index (χ0) is 18.7. The van der Waals surface area contributed by atoms with Gasteiger partial charge in [-0.1, -0.05) is 0 Å². The van der Waals surface area contributed by atoms with Gasteiger partial charge in [-0.15, -0.1) is 0 Å². The number of imidazole rings is 1. The first-order valence-corrected chi connectivity index (χ1v) is 9.72. The third-order valence-corrected chi connectivity index (χ3v) is 5.82. The minimum atomic E-state index is 0.289. The van der Waals surface area contributed by atoms with Crippen LogP contribution in [0.2, 0.25) is 0 Å². The molecule has 1 atom stereocenters. The van der Waals surface area contributed by atoms with Crippen molar-refractivity contribution in [1.82, 2.24) is 24.2 Å². The SMILES string of the molecule is Cc1nn(C)c(C)c1CCC(=O)N1CCCC[C@H]1CCc1nccn1C. The Labute approximate surface area is 156 Å². The van der Waals surface area contributed by atoms with E-state index in [9.17, 15) is 4.79 Å². The molecule has 0 aromatic carbocycles. The van der Waals surface area contributed by atoms with Crippen molar-refractivity contribution in [2.45, 2.75) is 64.8 Å². The summed E-state index contributed by atoms with van der Waals surface area (Å²) in [7, 11) is 4.00. The van der Waals surface area contributed by atoms with Gasteiger partial charge in [-0.05, 0) is 51.5 Å². The fourth-order valence-corrected chi connectivity index (χ4v) is 4.12. The number of hydrogen-bond donors (Lipinski definition) is 0. The highest BCUT2D eigenvalue weighted by molar-refractivity contribution is 5.77. The molecule has 0 spiro atoms. The van der Waals surface area contributed by atoms with Crippen molar-refractivity contribution >= 4 is 5.91 Å². The predicted octanol–water partition coefficient (Wildman–Crippen LogP) is 2.72. The molecule has 2 aromatic rings. The average molecular weight is 358 g/mol. The summed E-state index contributed by atoms with van der Waals surface area (Å²) in [6, 6.07) is 0.351. The largest absolute Gasteiger partial charge is 0.340 e. The van der Waals surface area contributed by atoms with E-state index in [1.807, 2.05) is 38.1 Å². The highest BCUT2D eigenvalue weighted by Crippen LogP contribution is 2.23. The fraction of sp³-hybridized carbons (Fsp3) is 0.650. The molecule has 0 bridgehead atoms. The molecule has 1 aliphatic heterocycles. The predicted molar refractivity (Wildman–Crippen MR) is 102 cm³/mol. The molecule has 0 radical (unpaired) electrons. The van der Waals surface area contributed by atoms with Crippen LogP contribution in [0.15, 0.2) is 12.4 Å². The highest BCUT2D eigenvalue weighted by atomic mass is 16.2. The van der Waals surface area contributed by atoms with Crippen molar-refractivity contribution in [2.24, 2.45) is 14.1 Å². The van der Waals surface area contributed by atoms with E-state index in [0.29, 0.717) is 12.5 Å². The van der Waals surface area contributed by atoms with Crippen LogP contribution in [0.4, 0.5) is 0 Å². The highest BCUT2D eigenvalue weighted by Gasteiger charge is 2.26. The number of hydrogen-bond acceptors (Lipinski definition) is 3. The maximum atomic E-state index is 12.9. The summed E-state index contributed by atoms with van der Waals surface area (Å²) in [5.74, 6) is 1.39. The second-order valence-electron chi connectivity index (χ2n) is 7.50. The topological polar surface area (TPSA) is 56.0 Å². The second kappa shape index (κ2) is 8.06. The molecule has 142 valence electrons. The van der Waals surface area contributed by atoms with E-state index in [-0.39, 0.29) is 5.91 Å². The van der Waals surface area contributed by atoms with Crippen molar-refractivity contribution in [3.63, 3.8) is 0 Å². The molecule has 6 heteroatoms. The summed E-state index contributed by atoms with van der Waals surface area (Å²) in [6.07, 6.45) is 10.6. The lowest BCUT2D eigenvalue weighted by atomic mass is 9.96. The van der Waals surface area contributed by atoms with Gasteiger partial charge in [0.05, 0.1) is 5.69 Å². The molecule has 0 N–H and O–H groups in total. The summed E-state index contributed by atoms with van der Waals surface area (Å²) in [4.78, 5) is 19.5. The number of aryl methyl sites for hydroxylation is 4. The smallest absolute Gasteiger partial charge is 0.223 e. The summed E-state index contributed by atoms with van der Waals surface area (Å²) in [6.45, 7) is 5.01. The van der Waals surface area contributed by atoms with Gasteiger partial charge >= 0.3 is 0 Å². The molecule has 3 heterocycles. The first kappa shape index (κ1) is 18.7. The molecule has 2 aromatic heterocycles. The Hall–Kier alpha value is -2.11. The Morgan fingerprint density at radius 2 is 2.04 bits per heavy atom. The molecular formula is C20H31N5O. The van der Waals surface area contributed by atoms with E-state index >= 15 is 0 Å². The van der Waals surface area contributed by atoms with Gasteiger partial charge in [-0.25, -0.2) is 4.98 Å². The van der Waals surface area contributed by atoms with Gasteiger partial charge in [0.25, 0.3) is 0 Å². The maximum absolute atomic E-state index is 12.9. The molecule has 6 nitrogen and oxygen atoms in total. The summed E-state index contributed by atoms with van der Waals surface area (Å²) in [5.41, 5.74) is 3.44. The Morgan fingerprint density at radius 1 is 1.23 bits per heavy atom. The van der Waals surface area contributed by atoms with Gasteiger partial charge in [-0.3, -0.25) is 9.48 Å². The van der Waals surface area contributed by atoms with E-state index < -0.39 is 0 Å². The number of piperidine rings is 1. The Bertz CT molecular complexity index is 760. The Balaban J connectivity index is 1.59. The minimum Gasteiger partial charge on any atom is -0.340 e. The van der Waals surface area contributed by atoms with Crippen LogP contribution in [-0.2, 0) is 31.7 Å². The first-order chi connectivity index (χ1) is 12.5. The number of amides is 1. The van der Waals surface area contributed by atoms with Crippen molar-refractivity contribution in [3.8, 4) is 0 Å². The van der Waals surface area contributed by atoms with E-state index in [2.05, 4.69) is 26.5 Å². The number of nitrogens with zero attached hydrogens (tertiary/aromatic N) is 5. The minimum absolute atomic E-state index is 0.289. The quantitative estimate of drug-likeness (QED) is 0.799. The van der Waals surface area contributed by atoms with Crippen LogP contribution >= 0.6 is 0 Å². The number of rotatable bonds is 6. The molecule has 1 amide bonds. The molecule has 0 saturated carbocycles. The zero-order valence-electron chi connectivity index (χ0n) is 16.5. The molecule has 3 rings (SSSR count). The lowest BCUT2D eigenvalue weighted by molar-refractivity contribution is -0.135. The summed E-state index contributed by atoms with van der Waals surface area (Å²) < 4.78 is 3.98. The number of aromatic nitrogens is 4.